The van der Waals surface area contributed by atoms with Gasteiger partial charge in [0.2, 0.25) is 5.28 Å². The van der Waals surface area contributed by atoms with E-state index in [-0.39, 0.29) is 24.8 Å². The zero-order valence-electron chi connectivity index (χ0n) is 8.88. The molecule has 8 heteroatoms. The fraction of sp³-hybridized carbons (Fsp3) is 0.556. The molecule has 0 spiro atoms. The maximum atomic E-state index is 12.3. The molecule has 0 bridgehead atoms. The summed E-state index contributed by atoms with van der Waals surface area (Å²) in [5.74, 6) is -1.82. The first-order valence-corrected chi connectivity index (χ1v) is 5.24. The number of amides is 1. The monoisotopic (exact) mass is 267 g/mol. The smallest absolute Gasteiger partial charge is 0.329 e. The minimum Gasteiger partial charge on any atom is -0.329 e. The van der Waals surface area contributed by atoms with Gasteiger partial charge in [-0.3, -0.25) is 4.79 Å². The number of halogens is 4. The molecule has 0 saturated heterocycles. The molecule has 0 fully saturated rings. The summed E-state index contributed by atoms with van der Waals surface area (Å²) in [6.45, 7) is -0.0947. The zero-order chi connectivity index (χ0) is 12.8. The van der Waals surface area contributed by atoms with Crippen molar-refractivity contribution in [3.05, 3.63) is 16.7 Å². The fourth-order valence-electron chi connectivity index (χ4n) is 1.81. The highest BCUT2D eigenvalue weighted by Crippen LogP contribution is 2.25. The van der Waals surface area contributed by atoms with Crippen molar-refractivity contribution in [2.24, 2.45) is 7.05 Å². The molecule has 17 heavy (non-hydrogen) atoms. The van der Waals surface area contributed by atoms with E-state index in [2.05, 4.69) is 4.98 Å². The van der Waals surface area contributed by atoms with E-state index >= 15 is 0 Å². The lowest BCUT2D eigenvalue weighted by Gasteiger charge is -2.27. The normalized spacial score (nSPS) is 15.9. The summed E-state index contributed by atoms with van der Waals surface area (Å²) in [5, 5.41) is 0.219. The van der Waals surface area contributed by atoms with E-state index in [1.165, 1.54) is 4.57 Å². The second-order valence-corrected chi connectivity index (χ2v) is 4.15. The van der Waals surface area contributed by atoms with Gasteiger partial charge in [-0.25, -0.2) is 4.98 Å². The van der Waals surface area contributed by atoms with Gasteiger partial charge in [0, 0.05) is 20.0 Å². The molecule has 4 nitrogen and oxygen atoms in total. The van der Waals surface area contributed by atoms with Crippen molar-refractivity contribution < 1.29 is 18.0 Å². The summed E-state index contributed by atoms with van der Waals surface area (Å²) in [6, 6.07) is 0. The van der Waals surface area contributed by atoms with Gasteiger partial charge in [-0.2, -0.15) is 13.2 Å². The zero-order valence-corrected chi connectivity index (χ0v) is 9.64. The molecular formula is C9H9ClF3N3O. The van der Waals surface area contributed by atoms with Crippen LogP contribution in [0, 0.1) is 0 Å². The summed E-state index contributed by atoms with van der Waals surface area (Å²) in [4.78, 5) is 15.9. The Kier molecular flexibility index (Phi) is 2.81. The molecule has 1 amide bonds. The molecule has 1 aliphatic rings. The van der Waals surface area contributed by atoms with Gasteiger partial charge < -0.3 is 9.47 Å². The molecule has 0 atom stereocenters. The Morgan fingerprint density at radius 1 is 1.47 bits per heavy atom. The third-order valence-corrected chi connectivity index (χ3v) is 3.07. The minimum absolute atomic E-state index is 0.0126. The van der Waals surface area contributed by atoms with Gasteiger partial charge >= 0.3 is 12.1 Å². The van der Waals surface area contributed by atoms with E-state index in [9.17, 15) is 18.0 Å². The fourth-order valence-corrected chi connectivity index (χ4v) is 2.01. The molecule has 1 aromatic heterocycles. The Morgan fingerprint density at radius 2 is 2.12 bits per heavy atom. The number of alkyl halides is 3. The standard InChI is InChI=1S/C9H9ClF3N3O/c1-15-6-4-16(7(17)9(11,12)13)3-2-5(6)14-8(15)10/h2-4H2,1H3. The summed E-state index contributed by atoms with van der Waals surface area (Å²) < 4.78 is 38.3. The first kappa shape index (κ1) is 12.2. The number of hydrogen-bond donors (Lipinski definition) is 0. The van der Waals surface area contributed by atoms with Crippen molar-refractivity contribution >= 4 is 17.5 Å². The van der Waals surface area contributed by atoms with Crippen LogP contribution >= 0.6 is 11.6 Å². The predicted molar refractivity (Wildman–Crippen MR) is 53.4 cm³/mol. The van der Waals surface area contributed by atoms with Gasteiger partial charge in [-0.1, -0.05) is 0 Å². The van der Waals surface area contributed by atoms with Crippen LogP contribution in [0.25, 0.3) is 0 Å². The van der Waals surface area contributed by atoms with Crippen molar-refractivity contribution in [2.75, 3.05) is 6.54 Å². The lowest BCUT2D eigenvalue weighted by molar-refractivity contribution is -0.186. The number of hydrogen-bond acceptors (Lipinski definition) is 2. The van der Waals surface area contributed by atoms with Crippen molar-refractivity contribution in [3.63, 3.8) is 0 Å². The number of nitrogens with zero attached hydrogens (tertiary/aromatic N) is 3. The maximum absolute atomic E-state index is 12.3. The van der Waals surface area contributed by atoms with Crippen molar-refractivity contribution in [3.8, 4) is 0 Å². The minimum atomic E-state index is -4.83. The van der Waals surface area contributed by atoms with Crippen LogP contribution in [0.1, 0.15) is 11.4 Å². The van der Waals surface area contributed by atoms with Gasteiger partial charge in [-0.05, 0) is 11.6 Å². The molecule has 0 aromatic carbocycles. The average molecular weight is 268 g/mol. The van der Waals surface area contributed by atoms with Crippen LogP contribution in [0.15, 0.2) is 0 Å². The molecule has 0 N–H and O–H groups in total. The van der Waals surface area contributed by atoms with Crippen LogP contribution in [0.5, 0.6) is 0 Å². The first-order chi connectivity index (χ1) is 7.80. The number of fused-ring (bicyclic) bond motifs is 1. The molecule has 1 aliphatic heterocycles. The summed E-state index contributed by atoms with van der Waals surface area (Å²) in [5.41, 5.74) is 1.21. The Labute approximate surface area is 100.0 Å². The van der Waals surface area contributed by atoms with E-state index in [1.807, 2.05) is 0 Å². The molecule has 2 heterocycles. The third-order valence-electron chi connectivity index (χ3n) is 2.73. The summed E-state index contributed by atoms with van der Waals surface area (Å²) >= 11 is 5.76. The quantitative estimate of drug-likeness (QED) is 0.715. The van der Waals surface area contributed by atoms with E-state index in [0.29, 0.717) is 11.4 Å². The lowest BCUT2D eigenvalue weighted by Crippen LogP contribution is -2.44. The average Bonchev–Trinajstić information content (AvgIpc) is 2.52. The van der Waals surface area contributed by atoms with Crippen LogP contribution in [0.4, 0.5) is 13.2 Å². The Bertz CT molecular complexity index is 469. The molecule has 94 valence electrons. The number of aromatic nitrogens is 2. The van der Waals surface area contributed by atoms with E-state index in [0.717, 1.165) is 4.90 Å². The Hall–Kier alpha value is -1.24. The van der Waals surface area contributed by atoms with Crippen molar-refractivity contribution in [1.82, 2.24) is 14.5 Å². The highest BCUT2D eigenvalue weighted by Gasteiger charge is 2.43. The number of carbonyl (C=O) groups excluding carboxylic acids is 1. The molecule has 0 saturated carbocycles. The maximum Gasteiger partial charge on any atom is 0.471 e. The number of rotatable bonds is 0. The second kappa shape index (κ2) is 3.90. The third kappa shape index (κ3) is 2.11. The van der Waals surface area contributed by atoms with E-state index < -0.39 is 12.1 Å². The SMILES string of the molecule is Cn1c(Cl)nc2c1CN(C(=O)C(F)(F)F)CC2. The van der Waals surface area contributed by atoms with Crippen molar-refractivity contribution in [2.45, 2.75) is 19.1 Å². The van der Waals surface area contributed by atoms with Crippen LogP contribution < -0.4 is 0 Å². The van der Waals surface area contributed by atoms with Crippen LogP contribution in [0.3, 0.4) is 0 Å². The lowest BCUT2D eigenvalue weighted by atomic mass is 10.1. The highest BCUT2D eigenvalue weighted by atomic mass is 35.5. The van der Waals surface area contributed by atoms with Gasteiger partial charge in [0.25, 0.3) is 0 Å². The number of imidazole rings is 1. The Balaban J connectivity index is 2.24. The highest BCUT2D eigenvalue weighted by molar-refractivity contribution is 6.28. The van der Waals surface area contributed by atoms with Crippen LogP contribution in [-0.2, 0) is 24.8 Å². The van der Waals surface area contributed by atoms with Gasteiger partial charge in [0.15, 0.2) is 0 Å². The summed E-state index contributed by atoms with van der Waals surface area (Å²) in [7, 11) is 1.61. The van der Waals surface area contributed by atoms with Gasteiger partial charge in [-0.15, -0.1) is 0 Å². The van der Waals surface area contributed by atoms with Crippen LogP contribution in [0.2, 0.25) is 5.28 Å². The van der Waals surface area contributed by atoms with Crippen LogP contribution in [-0.4, -0.2) is 33.1 Å². The van der Waals surface area contributed by atoms with E-state index in [1.54, 1.807) is 7.05 Å². The predicted octanol–water partition coefficient (Wildman–Crippen LogP) is 1.52. The van der Waals surface area contributed by atoms with Gasteiger partial charge in [0.05, 0.1) is 17.9 Å². The van der Waals surface area contributed by atoms with Crippen molar-refractivity contribution in [1.29, 1.82) is 0 Å². The largest absolute Gasteiger partial charge is 0.471 e. The molecule has 0 unspecified atom stereocenters. The second-order valence-electron chi connectivity index (χ2n) is 3.81. The van der Waals surface area contributed by atoms with E-state index in [4.69, 9.17) is 11.6 Å². The number of carbonyl (C=O) groups is 1. The molecule has 0 aliphatic carbocycles. The van der Waals surface area contributed by atoms with Gasteiger partial charge in [0.1, 0.15) is 0 Å². The Morgan fingerprint density at radius 3 is 2.71 bits per heavy atom. The molecule has 2 rings (SSSR count). The molecule has 1 aromatic rings. The molecular weight excluding hydrogens is 259 g/mol. The topological polar surface area (TPSA) is 38.1 Å². The summed E-state index contributed by atoms with van der Waals surface area (Å²) in [6.07, 6.45) is -4.54. The molecule has 0 radical (unpaired) electrons. The first-order valence-electron chi connectivity index (χ1n) is 4.86.